The van der Waals surface area contributed by atoms with Crippen LogP contribution in [-0.4, -0.2) is 82.4 Å². The van der Waals surface area contributed by atoms with Crippen molar-refractivity contribution in [3.63, 3.8) is 0 Å². The lowest BCUT2D eigenvalue weighted by atomic mass is 9.95. The van der Waals surface area contributed by atoms with Gasteiger partial charge < -0.3 is 26.0 Å². The smallest absolute Gasteiger partial charge is 0.339 e. The van der Waals surface area contributed by atoms with Crippen LogP contribution < -0.4 is 16.4 Å². The number of aryl methyl sites for hydroxylation is 2. The van der Waals surface area contributed by atoms with Gasteiger partial charge in [-0.15, -0.1) is 21.5 Å². The van der Waals surface area contributed by atoms with Gasteiger partial charge in [-0.05, 0) is 69.5 Å². The Morgan fingerprint density at radius 2 is 1.79 bits per heavy atom. The molecule has 6 rings (SSSR count). The van der Waals surface area contributed by atoms with E-state index in [1.165, 1.54) is 13.2 Å². The summed E-state index contributed by atoms with van der Waals surface area (Å²) in [6.07, 6.45) is 0.984. The third kappa shape index (κ3) is 8.02. The largest absolute Gasteiger partial charge is 0.465 e. The fraction of sp³-hybridized carbons (Fsp3) is 0.342. The number of likely N-dealkylation sites (tertiary alicyclic amines) is 1. The average molecular weight is 755 g/mol. The maximum atomic E-state index is 13.8. The van der Waals surface area contributed by atoms with E-state index in [0.717, 1.165) is 32.3 Å². The van der Waals surface area contributed by atoms with E-state index in [0.29, 0.717) is 53.9 Å². The number of anilines is 1. The van der Waals surface area contributed by atoms with Gasteiger partial charge in [-0.2, -0.15) is 0 Å². The zero-order valence-electron chi connectivity index (χ0n) is 29.8. The summed E-state index contributed by atoms with van der Waals surface area (Å²) < 4.78 is 6.82. The maximum Gasteiger partial charge on any atom is 0.339 e. The van der Waals surface area contributed by atoms with Gasteiger partial charge in [-0.3, -0.25) is 23.9 Å². The molecule has 1 saturated heterocycles. The van der Waals surface area contributed by atoms with E-state index < -0.39 is 17.9 Å². The number of thiophene rings is 1. The van der Waals surface area contributed by atoms with E-state index in [2.05, 4.69) is 46.5 Å². The molecule has 274 valence electrons. The number of methoxy groups -OCH3 is 1. The Morgan fingerprint density at radius 1 is 1.06 bits per heavy atom. The van der Waals surface area contributed by atoms with Crippen molar-refractivity contribution in [1.29, 1.82) is 0 Å². The summed E-state index contributed by atoms with van der Waals surface area (Å²) in [4.78, 5) is 59.8. The first-order chi connectivity index (χ1) is 25.5. The molecule has 2 aromatic heterocycles. The van der Waals surface area contributed by atoms with Crippen LogP contribution in [0, 0.1) is 38.5 Å². The van der Waals surface area contributed by atoms with Crippen LogP contribution in [0.4, 0.5) is 5.69 Å². The van der Waals surface area contributed by atoms with E-state index in [1.54, 1.807) is 28.4 Å². The van der Waals surface area contributed by atoms with Crippen molar-refractivity contribution in [2.75, 3.05) is 38.6 Å². The fourth-order valence-corrected chi connectivity index (χ4v) is 7.83. The van der Waals surface area contributed by atoms with Gasteiger partial charge >= 0.3 is 5.97 Å². The van der Waals surface area contributed by atoms with Gasteiger partial charge in [0.15, 0.2) is 5.82 Å². The van der Waals surface area contributed by atoms with Gasteiger partial charge in [-0.1, -0.05) is 35.6 Å². The Kier molecular flexibility index (Phi) is 11.4. The minimum Gasteiger partial charge on any atom is -0.465 e. The minimum absolute atomic E-state index is 0.0827. The number of hydrogen-bond acceptors (Lipinski definition) is 10. The standard InChI is InChI=1S/C38H39ClN8O5S/c1-21-22(2)53-37-33(21)34(24-7-9-27(39)10-8-24)43-30(35-45-44-23(3)47(35)37)19-32(49)46-16-13-25(14-17-46)36(50)41-20-31(48)42-28-11-12-29(38(51)52-4)26(18-28)6-5-15-40/h7-12,18,25,30H,13-17,19-20,40H2,1-4H3,(H,41,50)(H,42,48)/t30-/m0/s1. The molecule has 2 aliphatic rings. The SMILES string of the molecule is COC(=O)c1ccc(NC(=O)CNC(=O)C2CCN(C(=O)C[C@@H]3N=C(c4ccc(Cl)cc4)c4c(sc(C)c4C)-n4c(C)nnc43)CC2)cc1C#CCN. The number of benzene rings is 2. The van der Waals surface area contributed by atoms with Gasteiger partial charge in [-0.25, -0.2) is 4.79 Å². The molecule has 1 fully saturated rings. The average Bonchev–Trinajstić information content (AvgIpc) is 3.64. The number of halogens is 1. The van der Waals surface area contributed by atoms with Crippen LogP contribution in [0.5, 0.6) is 0 Å². The van der Waals surface area contributed by atoms with Crippen molar-refractivity contribution in [3.05, 3.63) is 91.8 Å². The molecular weight excluding hydrogens is 716 g/mol. The van der Waals surface area contributed by atoms with Gasteiger partial charge in [0.25, 0.3) is 0 Å². The molecule has 4 N–H and O–H groups in total. The molecular formula is C38H39ClN8O5S. The first kappa shape index (κ1) is 37.4. The second-order valence-electron chi connectivity index (χ2n) is 12.8. The van der Waals surface area contributed by atoms with E-state index in [4.69, 9.17) is 27.1 Å². The van der Waals surface area contributed by atoms with Crippen molar-refractivity contribution in [2.45, 2.75) is 46.1 Å². The molecule has 4 heterocycles. The molecule has 0 aliphatic carbocycles. The van der Waals surface area contributed by atoms with Crippen LogP contribution >= 0.6 is 22.9 Å². The lowest BCUT2D eigenvalue weighted by molar-refractivity contribution is -0.136. The number of carbonyl (C=O) groups is 4. The highest BCUT2D eigenvalue weighted by molar-refractivity contribution is 7.15. The molecule has 0 spiro atoms. The minimum atomic E-state index is -0.589. The van der Waals surface area contributed by atoms with Crippen LogP contribution in [0.1, 0.15) is 74.4 Å². The number of piperidine rings is 1. The van der Waals surface area contributed by atoms with Crippen LogP contribution in [-0.2, 0) is 19.1 Å². The first-order valence-electron chi connectivity index (χ1n) is 17.1. The van der Waals surface area contributed by atoms with Gasteiger partial charge in [0.05, 0.1) is 37.9 Å². The van der Waals surface area contributed by atoms with Gasteiger partial charge in [0.2, 0.25) is 17.7 Å². The maximum absolute atomic E-state index is 13.8. The predicted molar refractivity (Wildman–Crippen MR) is 203 cm³/mol. The Hall–Kier alpha value is -5.36. The summed E-state index contributed by atoms with van der Waals surface area (Å²) in [6.45, 7) is 6.68. The third-order valence-electron chi connectivity index (χ3n) is 9.40. The summed E-state index contributed by atoms with van der Waals surface area (Å²) in [5.74, 6) is 5.11. The summed E-state index contributed by atoms with van der Waals surface area (Å²) in [7, 11) is 1.27. The van der Waals surface area contributed by atoms with Crippen molar-refractivity contribution in [2.24, 2.45) is 16.6 Å². The van der Waals surface area contributed by atoms with Gasteiger partial charge in [0, 0.05) is 51.3 Å². The Morgan fingerprint density at radius 3 is 2.49 bits per heavy atom. The molecule has 53 heavy (non-hydrogen) atoms. The van der Waals surface area contributed by atoms with Crippen molar-refractivity contribution < 1.29 is 23.9 Å². The van der Waals surface area contributed by atoms with Crippen LogP contribution in [0.3, 0.4) is 0 Å². The first-order valence-corrected chi connectivity index (χ1v) is 18.3. The number of aromatic nitrogens is 3. The highest BCUT2D eigenvalue weighted by Crippen LogP contribution is 2.40. The lowest BCUT2D eigenvalue weighted by Gasteiger charge is -2.32. The quantitative estimate of drug-likeness (QED) is 0.177. The number of ether oxygens (including phenoxy) is 1. The number of rotatable bonds is 8. The van der Waals surface area contributed by atoms with Crippen LogP contribution in [0.2, 0.25) is 5.02 Å². The van der Waals surface area contributed by atoms with Crippen LogP contribution in [0.15, 0.2) is 47.5 Å². The molecule has 3 amide bonds. The number of esters is 1. The number of fused-ring (bicyclic) bond motifs is 3. The van der Waals surface area contributed by atoms with E-state index in [9.17, 15) is 19.2 Å². The summed E-state index contributed by atoms with van der Waals surface area (Å²) in [6, 6.07) is 11.6. The normalized spacial score (nSPS) is 15.2. The molecule has 0 radical (unpaired) electrons. The highest BCUT2D eigenvalue weighted by atomic mass is 35.5. The summed E-state index contributed by atoms with van der Waals surface area (Å²) in [5.41, 5.74) is 10.3. The fourth-order valence-electron chi connectivity index (χ4n) is 6.49. The van der Waals surface area contributed by atoms with E-state index in [1.807, 2.05) is 35.8 Å². The van der Waals surface area contributed by atoms with Crippen molar-refractivity contribution >= 4 is 58.0 Å². The molecule has 0 unspecified atom stereocenters. The molecule has 0 saturated carbocycles. The molecule has 0 bridgehead atoms. The van der Waals surface area contributed by atoms with Crippen molar-refractivity contribution in [3.8, 4) is 16.8 Å². The van der Waals surface area contributed by atoms with Crippen LogP contribution in [0.25, 0.3) is 5.00 Å². The molecule has 13 nitrogen and oxygen atoms in total. The number of amides is 3. The molecule has 4 aromatic rings. The summed E-state index contributed by atoms with van der Waals surface area (Å²) in [5, 5.41) is 15.9. The Bertz CT molecular complexity index is 2170. The number of nitrogens with zero attached hydrogens (tertiary/aromatic N) is 5. The summed E-state index contributed by atoms with van der Waals surface area (Å²) >= 11 is 7.88. The number of nitrogens with two attached hydrogens (primary N) is 1. The highest BCUT2D eigenvalue weighted by Gasteiger charge is 2.34. The van der Waals surface area contributed by atoms with Gasteiger partial charge in [0.1, 0.15) is 16.9 Å². The molecule has 2 aliphatic heterocycles. The Labute approximate surface area is 316 Å². The molecule has 15 heteroatoms. The predicted octanol–water partition coefficient (Wildman–Crippen LogP) is 4.28. The second kappa shape index (κ2) is 16.1. The zero-order valence-corrected chi connectivity index (χ0v) is 31.4. The third-order valence-corrected chi connectivity index (χ3v) is 10.8. The van der Waals surface area contributed by atoms with E-state index >= 15 is 0 Å². The number of carbonyl (C=O) groups excluding carboxylic acids is 4. The lowest BCUT2D eigenvalue weighted by Crippen LogP contribution is -2.44. The number of aliphatic imine (C=N–C) groups is 1. The molecule has 1 atom stereocenters. The topological polar surface area (TPSA) is 174 Å². The number of nitrogens with one attached hydrogen (secondary N) is 2. The zero-order chi connectivity index (χ0) is 37.8. The van der Waals surface area contributed by atoms with E-state index in [-0.39, 0.29) is 42.8 Å². The van der Waals surface area contributed by atoms with Crippen molar-refractivity contribution in [1.82, 2.24) is 25.0 Å². The second-order valence-corrected chi connectivity index (χ2v) is 14.4. The Balaban J connectivity index is 1.09. The number of hydrogen-bond donors (Lipinski definition) is 3. The molecule has 2 aromatic carbocycles. The monoisotopic (exact) mass is 754 g/mol.